The van der Waals surface area contributed by atoms with Crippen LogP contribution in [0.25, 0.3) is 0 Å². The molecular weight excluding hydrogens is 332 g/mol. The lowest BCUT2D eigenvalue weighted by Gasteiger charge is -2.22. The van der Waals surface area contributed by atoms with Crippen molar-refractivity contribution in [3.05, 3.63) is 5.56 Å². The summed E-state index contributed by atoms with van der Waals surface area (Å²) in [4.78, 5) is 22.8. The molecule has 7 nitrogen and oxygen atoms in total. The van der Waals surface area contributed by atoms with Gasteiger partial charge in [0.05, 0.1) is 13.0 Å². The van der Waals surface area contributed by atoms with Crippen LogP contribution in [-0.2, 0) is 16.0 Å². The molecule has 3 heterocycles. The SMILES string of the molecule is CCCCOc1nc(N)c2c(n1)N(CCCCC1CCCOC1)C(=O)C2. The van der Waals surface area contributed by atoms with Gasteiger partial charge < -0.3 is 15.2 Å². The van der Waals surface area contributed by atoms with Crippen molar-refractivity contribution in [3.8, 4) is 6.01 Å². The topological polar surface area (TPSA) is 90.6 Å². The summed E-state index contributed by atoms with van der Waals surface area (Å²) in [5.74, 6) is 1.71. The van der Waals surface area contributed by atoms with Gasteiger partial charge in [-0.1, -0.05) is 19.8 Å². The summed E-state index contributed by atoms with van der Waals surface area (Å²) in [5, 5.41) is 0. The van der Waals surface area contributed by atoms with Gasteiger partial charge in [0.1, 0.15) is 11.6 Å². The Bertz CT molecular complexity index is 617. The Hall–Kier alpha value is -1.89. The maximum Gasteiger partial charge on any atom is 0.320 e. The number of amides is 1. The molecule has 0 saturated carbocycles. The molecule has 7 heteroatoms. The van der Waals surface area contributed by atoms with Crippen molar-refractivity contribution in [2.45, 2.75) is 58.3 Å². The van der Waals surface area contributed by atoms with Crippen LogP contribution in [0.15, 0.2) is 0 Å². The molecule has 2 aliphatic heterocycles. The highest BCUT2D eigenvalue weighted by molar-refractivity contribution is 6.01. The van der Waals surface area contributed by atoms with E-state index >= 15 is 0 Å². The molecule has 26 heavy (non-hydrogen) atoms. The summed E-state index contributed by atoms with van der Waals surface area (Å²) < 4.78 is 11.1. The number of hydrogen-bond donors (Lipinski definition) is 1. The number of unbranched alkanes of at least 4 members (excludes halogenated alkanes) is 2. The molecule has 1 aromatic heterocycles. The molecule has 0 radical (unpaired) electrons. The zero-order valence-corrected chi connectivity index (χ0v) is 15.7. The van der Waals surface area contributed by atoms with Gasteiger partial charge in [-0.05, 0) is 38.0 Å². The number of hydrogen-bond acceptors (Lipinski definition) is 6. The number of ether oxygens (including phenoxy) is 2. The molecule has 1 fully saturated rings. The second-order valence-corrected chi connectivity index (χ2v) is 7.20. The molecule has 0 bridgehead atoms. The van der Waals surface area contributed by atoms with Gasteiger partial charge in [-0.15, -0.1) is 0 Å². The van der Waals surface area contributed by atoms with Crippen LogP contribution in [0.5, 0.6) is 6.01 Å². The van der Waals surface area contributed by atoms with Crippen LogP contribution in [0.1, 0.15) is 57.4 Å². The Kier molecular flexibility index (Phi) is 6.66. The third-order valence-electron chi connectivity index (χ3n) is 5.11. The van der Waals surface area contributed by atoms with E-state index in [9.17, 15) is 4.79 Å². The Morgan fingerprint density at radius 1 is 1.31 bits per heavy atom. The van der Waals surface area contributed by atoms with Crippen molar-refractivity contribution in [1.82, 2.24) is 9.97 Å². The van der Waals surface area contributed by atoms with Crippen molar-refractivity contribution in [1.29, 1.82) is 0 Å². The zero-order chi connectivity index (χ0) is 18.4. The van der Waals surface area contributed by atoms with Crippen molar-refractivity contribution >= 4 is 17.5 Å². The average molecular weight is 362 g/mol. The number of carbonyl (C=O) groups excluding carboxylic acids is 1. The number of rotatable bonds is 9. The van der Waals surface area contributed by atoms with Crippen molar-refractivity contribution in [2.24, 2.45) is 5.92 Å². The summed E-state index contributed by atoms with van der Waals surface area (Å²) >= 11 is 0. The highest BCUT2D eigenvalue weighted by Gasteiger charge is 2.31. The number of aromatic nitrogens is 2. The largest absolute Gasteiger partial charge is 0.463 e. The lowest BCUT2D eigenvalue weighted by Crippen LogP contribution is -2.28. The quantitative estimate of drug-likeness (QED) is 0.679. The maximum atomic E-state index is 12.4. The zero-order valence-electron chi connectivity index (χ0n) is 15.7. The van der Waals surface area contributed by atoms with Crippen LogP contribution in [0, 0.1) is 5.92 Å². The third kappa shape index (κ3) is 4.63. The van der Waals surface area contributed by atoms with E-state index in [1.807, 2.05) is 0 Å². The Morgan fingerprint density at radius 3 is 2.96 bits per heavy atom. The van der Waals surface area contributed by atoms with Crippen molar-refractivity contribution in [2.75, 3.05) is 37.0 Å². The van der Waals surface area contributed by atoms with Crippen LogP contribution in [0.4, 0.5) is 11.6 Å². The highest BCUT2D eigenvalue weighted by atomic mass is 16.5. The lowest BCUT2D eigenvalue weighted by molar-refractivity contribution is -0.117. The fourth-order valence-corrected chi connectivity index (χ4v) is 3.57. The number of anilines is 2. The third-order valence-corrected chi connectivity index (χ3v) is 5.11. The van der Waals surface area contributed by atoms with Gasteiger partial charge in [0, 0.05) is 25.3 Å². The number of nitrogens with two attached hydrogens (primary N) is 1. The fraction of sp³-hybridized carbons (Fsp3) is 0.737. The van der Waals surface area contributed by atoms with Gasteiger partial charge in [0.2, 0.25) is 5.91 Å². The van der Waals surface area contributed by atoms with E-state index in [0.29, 0.717) is 30.7 Å². The van der Waals surface area contributed by atoms with E-state index in [1.165, 1.54) is 12.8 Å². The number of fused-ring (bicyclic) bond motifs is 1. The van der Waals surface area contributed by atoms with Crippen LogP contribution in [0.3, 0.4) is 0 Å². The molecule has 0 spiro atoms. The Labute approximate surface area is 155 Å². The molecule has 2 aliphatic rings. The molecular formula is C19H30N4O3. The van der Waals surface area contributed by atoms with Crippen LogP contribution in [-0.4, -0.2) is 42.2 Å². The van der Waals surface area contributed by atoms with Crippen LogP contribution < -0.4 is 15.4 Å². The molecule has 1 unspecified atom stereocenters. The van der Waals surface area contributed by atoms with E-state index in [4.69, 9.17) is 15.2 Å². The summed E-state index contributed by atoms with van der Waals surface area (Å²) in [6, 6.07) is 0.272. The van der Waals surface area contributed by atoms with Gasteiger partial charge in [0.25, 0.3) is 0 Å². The van der Waals surface area contributed by atoms with Gasteiger partial charge >= 0.3 is 6.01 Å². The highest BCUT2D eigenvalue weighted by Crippen LogP contribution is 2.32. The van der Waals surface area contributed by atoms with Crippen LogP contribution >= 0.6 is 0 Å². The standard InChI is InChI=1S/C19H30N4O3/c1-2-3-11-26-19-21-17(20)15-12-16(24)23(18(15)22-19)9-5-4-7-14-8-6-10-25-13-14/h14H,2-13H2,1H3,(H2,20,21,22). The second kappa shape index (κ2) is 9.16. The molecule has 1 saturated heterocycles. The first-order valence-electron chi connectivity index (χ1n) is 9.86. The molecule has 1 amide bonds. The van der Waals surface area contributed by atoms with Gasteiger partial charge in [0.15, 0.2) is 0 Å². The number of carbonyl (C=O) groups is 1. The Morgan fingerprint density at radius 2 is 2.19 bits per heavy atom. The monoisotopic (exact) mass is 362 g/mol. The minimum Gasteiger partial charge on any atom is -0.463 e. The summed E-state index contributed by atoms with van der Waals surface area (Å²) in [6.07, 6.45) is 7.89. The van der Waals surface area contributed by atoms with Crippen molar-refractivity contribution < 1.29 is 14.3 Å². The number of nitrogen functional groups attached to an aromatic ring is 1. The van der Waals surface area contributed by atoms with Gasteiger partial charge in [-0.25, -0.2) is 0 Å². The van der Waals surface area contributed by atoms with Gasteiger partial charge in [-0.2, -0.15) is 9.97 Å². The normalized spacial score (nSPS) is 19.7. The summed E-state index contributed by atoms with van der Waals surface area (Å²) in [7, 11) is 0. The molecule has 0 aliphatic carbocycles. The van der Waals surface area contributed by atoms with Gasteiger partial charge in [-0.3, -0.25) is 9.69 Å². The molecule has 3 rings (SSSR count). The summed E-state index contributed by atoms with van der Waals surface area (Å²) in [5.41, 5.74) is 6.76. The van der Waals surface area contributed by atoms with Crippen molar-refractivity contribution in [3.63, 3.8) is 0 Å². The smallest absolute Gasteiger partial charge is 0.320 e. The first kappa shape index (κ1) is 18.9. The average Bonchev–Trinajstić information content (AvgIpc) is 2.96. The fourth-order valence-electron chi connectivity index (χ4n) is 3.57. The van der Waals surface area contributed by atoms with E-state index in [0.717, 1.165) is 50.9 Å². The van der Waals surface area contributed by atoms with E-state index in [-0.39, 0.29) is 18.3 Å². The lowest BCUT2D eigenvalue weighted by atomic mass is 9.96. The molecule has 0 aromatic carbocycles. The van der Waals surface area contributed by atoms with Crippen LogP contribution in [0.2, 0.25) is 0 Å². The second-order valence-electron chi connectivity index (χ2n) is 7.20. The Balaban J connectivity index is 1.56. The maximum absolute atomic E-state index is 12.4. The molecule has 144 valence electrons. The molecule has 2 N–H and O–H groups in total. The van der Waals surface area contributed by atoms with E-state index in [1.54, 1.807) is 4.90 Å². The number of nitrogens with zero attached hydrogens (tertiary/aromatic N) is 3. The minimum absolute atomic E-state index is 0.0488. The molecule has 1 aromatic rings. The predicted octanol–water partition coefficient (Wildman–Crippen LogP) is 2.72. The van der Waals surface area contributed by atoms with E-state index in [2.05, 4.69) is 16.9 Å². The first-order valence-corrected chi connectivity index (χ1v) is 9.86. The van der Waals surface area contributed by atoms with E-state index < -0.39 is 0 Å². The summed E-state index contributed by atoms with van der Waals surface area (Å²) in [6.45, 7) is 5.12. The molecule has 1 atom stereocenters. The minimum atomic E-state index is 0.0488. The first-order chi connectivity index (χ1) is 12.7. The predicted molar refractivity (Wildman–Crippen MR) is 100 cm³/mol.